The first kappa shape index (κ1) is 17.7. The van der Waals surface area contributed by atoms with Gasteiger partial charge in [0, 0.05) is 19.1 Å². The Kier molecular flexibility index (Phi) is 7.44. The average Bonchev–Trinajstić information content (AvgIpc) is 2.48. The van der Waals surface area contributed by atoms with Crippen molar-refractivity contribution in [3.8, 4) is 0 Å². The molecule has 0 amide bonds. The molecule has 0 aliphatic carbocycles. The highest BCUT2D eigenvalue weighted by Gasteiger charge is 2.16. The van der Waals surface area contributed by atoms with Crippen LogP contribution in [0.3, 0.4) is 0 Å². The van der Waals surface area contributed by atoms with Crippen LogP contribution >= 0.6 is 12.4 Å². The van der Waals surface area contributed by atoms with Gasteiger partial charge in [0.05, 0.1) is 6.10 Å². The van der Waals surface area contributed by atoms with Crippen molar-refractivity contribution in [1.29, 1.82) is 0 Å². The molecule has 2 aromatic carbocycles. The SMILES string of the molecule is CC(C)N(Cc1ccccc1)CC(O)c1ccccc1.Cl. The highest BCUT2D eigenvalue weighted by Crippen LogP contribution is 2.17. The summed E-state index contributed by atoms with van der Waals surface area (Å²) >= 11 is 0. The van der Waals surface area contributed by atoms with E-state index in [2.05, 4.69) is 43.0 Å². The number of aliphatic hydroxyl groups excluding tert-OH is 1. The first-order chi connectivity index (χ1) is 9.66. The summed E-state index contributed by atoms with van der Waals surface area (Å²) in [5, 5.41) is 10.4. The largest absolute Gasteiger partial charge is 0.387 e. The van der Waals surface area contributed by atoms with Crippen LogP contribution in [0.5, 0.6) is 0 Å². The molecule has 0 radical (unpaired) electrons. The summed E-state index contributed by atoms with van der Waals surface area (Å²) in [7, 11) is 0. The van der Waals surface area contributed by atoms with Crippen molar-refractivity contribution >= 4 is 12.4 Å². The fourth-order valence-electron chi connectivity index (χ4n) is 2.28. The number of benzene rings is 2. The summed E-state index contributed by atoms with van der Waals surface area (Å²) in [5.74, 6) is 0. The Bertz CT molecular complexity index is 501. The van der Waals surface area contributed by atoms with E-state index >= 15 is 0 Å². The van der Waals surface area contributed by atoms with E-state index in [0.29, 0.717) is 12.6 Å². The predicted octanol–water partition coefficient (Wildman–Crippen LogP) is 4.05. The van der Waals surface area contributed by atoms with E-state index in [1.165, 1.54) is 5.56 Å². The minimum Gasteiger partial charge on any atom is -0.387 e. The van der Waals surface area contributed by atoms with E-state index in [4.69, 9.17) is 0 Å². The Hall–Kier alpha value is -1.35. The van der Waals surface area contributed by atoms with Crippen LogP contribution < -0.4 is 0 Å². The second-order valence-corrected chi connectivity index (χ2v) is 5.44. The monoisotopic (exact) mass is 305 g/mol. The van der Waals surface area contributed by atoms with Gasteiger partial charge in [-0.1, -0.05) is 60.7 Å². The van der Waals surface area contributed by atoms with Crippen LogP contribution in [0.15, 0.2) is 60.7 Å². The van der Waals surface area contributed by atoms with Gasteiger partial charge >= 0.3 is 0 Å². The Morgan fingerprint density at radius 1 is 0.905 bits per heavy atom. The summed E-state index contributed by atoms with van der Waals surface area (Å²) in [6.07, 6.45) is -0.442. The maximum absolute atomic E-state index is 10.4. The van der Waals surface area contributed by atoms with Crippen LogP contribution in [0.1, 0.15) is 31.1 Å². The van der Waals surface area contributed by atoms with Crippen LogP contribution in [0.2, 0.25) is 0 Å². The molecule has 0 aliphatic rings. The second-order valence-electron chi connectivity index (χ2n) is 5.44. The summed E-state index contributed by atoms with van der Waals surface area (Å²) in [4.78, 5) is 2.30. The number of halogens is 1. The molecule has 0 saturated carbocycles. The van der Waals surface area contributed by atoms with Gasteiger partial charge in [-0.25, -0.2) is 0 Å². The summed E-state index contributed by atoms with van der Waals surface area (Å²) in [5.41, 5.74) is 2.26. The first-order valence-corrected chi connectivity index (χ1v) is 7.18. The van der Waals surface area contributed by atoms with Crippen molar-refractivity contribution < 1.29 is 5.11 Å². The maximum Gasteiger partial charge on any atom is 0.0917 e. The Balaban J connectivity index is 0.00000220. The van der Waals surface area contributed by atoms with Crippen molar-refractivity contribution in [2.45, 2.75) is 32.5 Å². The number of rotatable bonds is 6. The number of nitrogens with zero attached hydrogens (tertiary/aromatic N) is 1. The van der Waals surface area contributed by atoms with E-state index in [-0.39, 0.29) is 12.4 Å². The molecule has 0 fully saturated rings. The molecule has 0 aliphatic heterocycles. The fraction of sp³-hybridized carbons (Fsp3) is 0.333. The van der Waals surface area contributed by atoms with Crippen molar-refractivity contribution in [2.75, 3.05) is 6.54 Å². The van der Waals surface area contributed by atoms with Gasteiger partial charge in [-0.15, -0.1) is 12.4 Å². The fourth-order valence-corrected chi connectivity index (χ4v) is 2.28. The van der Waals surface area contributed by atoms with Crippen molar-refractivity contribution in [3.63, 3.8) is 0 Å². The molecule has 1 atom stereocenters. The molecule has 1 unspecified atom stereocenters. The molecule has 0 saturated heterocycles. The lowest BCUT2D eigenvalue weighted by atomic mass is 10.1. The van der Waals surface area contributed by atoms with Crippen LogP contribution in [0, 0.1) is 0 Å². The van der Waals surface area contributed by atoms with E-state index in [0.717, 1.165) is 12.1 Å². The molecular formula is C18H24ClNO. The van der Waals surface area contributed by atoms with E-state index in [9.17, 15) is 5.11 Å². The summed E-state index contributed by atoms with van der Waals surface area (Å²) < 4.78 is 0. The lowest BCUT2D eigenvalue weighted by molar-refractivity contribution is 0.0908. The topological polar surface area (TPSA) is 23.5 Å². The highest BCUT2D eigenvalue weighted by molar-refractivity contribution is 5.85. The molecule has 0 aromatic heterocycles. The zero-order chi connectivity index (χ0) is 14.4. The molecule has 0 bridgehead atoms. The van der Waals surface area contributed by atoms with Gasteiger partial charge in [0.15, 0.2) is 0 Å². The maximum atomic E-state index is 10.4. The highest BCUT2D eigenvalue weighted by atomic mass is 35.5. The minimum atomic E-state index is -0.442. The Morgan fingerprint density at radius 3 is 1.95 bits per heavy atom. The third-order valence-corrected chi connectivity index (χ3v) is 3.55. The van der Waals surface area contributed by atoms with Crippen molar-refractivity contribution in [1.82, 2.24) is 4.90 Å². The summed E-state index contributed by atoms with van der Waals surface area (Å²) in [6.45, 7) is 5.85. The molecule has 21 heavy (non-hydrogen) atoms. The van der Waals surface area contributed by atoms with Gasteiger partial charge in [-0.3, -0.25) is 4.90 Å². The molecule has 2 rings (SSSR count). The zero-order valence-corrected chi connectivity index (χ0v) is 13.5. The normalized spacial score (nSPS) is 12.2. The minimum absolute atomic E-state index is 0. The number of hydrogen-bond donors (Lipinski definition) is 1. The van der Waals surface area contributed by atoms with Gasteiger partial charge in [0.1, 0.15) is 0 Å². The standard InChI is InChI=1S/C18H23NO.ClH/c1-15(2)19(13-16-9-5-3-6-10-16)14-18(20)17-11-7-4-8-12-17;/h3-12,15,18,20H,13-14H2,1-2H3;1H. The smallest absolute Gasteiger partial charge is 0.0917 e. The van der Waals surface area contributed by atoms with Crippen LogP contribution in [0.25, 0.3) is 0 Å². The van der Waals surface area contributed by atoms with Crippen LogP contribution in [0.4, 0.5) is 0 Å². The van der Waals surface area contributed by atoms with Crippen LogP contribution in [-0.2, 0) is 6.54 Å². The molecular weight excluding hydrogens is 282 g/mol. The molecule has 2 nitrogen and oxygen atoms in total. The molecule has 0 spiro atoms. The molecule has 114 valence electrons. The number of aliphatic hydroxyl groups is 1. The Morgan fingerprint density at radius 2 is 1.43 bits per heavy atom. The van der Waals surface area contributed by atoms with Gasteiger partial charge in [0.25, 0.3) is 0 Å². The predicted molar refractivity (Wildman–Crippen MR) is 90.6 cm³/mol. The van der Waals surface area contributed by atoms with E-state index < -0.39 is 6.10 Å². The second kappa shape index (κ2) is 8.83. The molecule has 3 heteroatoms. The third-order valence-electron chi connectivity index (χ3n) is 3.55. The van der Waals surface area contributed by atoms with Gasteiger partial charge < -0.3 is 5.11 Å². The quantitative estimate of drug-likeness (QED) is 0.870. The lowest BCUT2D eigenvalue weighted by Crippen LogP contribution is -2.34. The molecule has 0 heterocycles. The van der Waals surface area contributed by atoms with Gasteiger partial charge in [0.2, 0.25) is 0 Å². The summed E-state index contributed by atoms with van der Waals surface area (Å²) in [6, 6.07) is 20.7. The van der Waals surface area contributed by atoms with E-state index in [1.807, 2.05) is 36.4 Å². The lowest BCUT2D eigenvalue weighted by Gasteiger charge is -2.29. The first-order valence-electron chi connectivity index (χ1n) is 7.18. The van der Waals surface area contributed by atoms with Crippen molar-refractivity contribution in [3.05, 3.63) is 71.8 Å². The van der Waals surface area contributed by atoms with Gasteiger partial charge in [-0.2, -0.15) is 0 Å². The van der Waals surface area contributed by atoms with Crippen molar-refractivity contribution in [2.24, 2.45) is 0 Å². The number of hydrogen-bond acceptors (Lipinski definition) is 2. The third kappa shape index (κ3) is 5.50. The average molecular weight is 306 g/mol. The zero-order valence-electron chi connectivity index (χ0n) is 12.6. The Labute approximate surface area is 133 Å². The van der Waals surface area contributed by atoms with Crippen LogP contribution in [-0.4, -0.2) is 22.6 Å². The molecule has 2 aromatic rings. The van der Waals surface area contributed by atoms with Gasteiger partial charge in [-0.05, 0) is 25.0 Å². The van der Waals surface area contributed by atoms with E-state index in [1.54, 1.807) is 0 Å². The molecule has 1 N–H and O–H groups in total.